The van der Waals surface area contributed by atoms with Crippen molar-refractivity contribution < 1.29 is 19.1 Å². The first-order valence-electron chi connectivity index (χ1n) is 9.35. The molecule has 0 spiro atoms. The van der Waals surface area contributed by atoms with Gasteiger partial charge in [-0.25, -0.2) is 0 Å². The molecule has 2 rings (SSSR count). The number of carbonyl (C=O) groups excluding carboxylic acids is 2. The summed E-state index contributed by atoms with van der Waals surface area (Å²) in [6.07, 6.45) is 0.926. The summed E-state index contributed by atoms with van der Waals surface area (Å²) in [6, 6.07) is 13.9. The topological polar surface area (TPSA) is 88.7 Å². The number of hydrogen-bond donors (Lipinski definition) is 3. The van der Waals surface area contributed by atoms with E-state index in [1.165, 1.54) is 0 Å². The quantitative estimate of drug-likeness (QED) is 0.384. The first-order valence-corrected chi connectivity index (χ1v) is 10.5. The summed E-state index contributed by atoms with van der Waals surface area (Å²) in [6.45, 7) is 4.61. The molecule has 160 valence electrons. The van der Waals surface area contributed by atoms with Crippen LogP contribution in [0.25, 0.3) is 0 Å². The Morgan fingerprint density at radius 1 is 1.03 bits per heavy atom. The molecule has 0 atom stereocenters. The average Bonchev–Trinajstić information content (AvgIpc) is 2.72. The fourth-order valence-corrected chi connectivity index (χ4v) is 2.60. The van der Waals surface area contributed by atoms with E-state index in [0.717, 1.165) is 10.9 Å². The smallest absolute Gasteiger partial charge is 0.276 e. The zero-order valence-corrected chi connectivity index (χ0v) is 19.1. The molecule has 0 bridgehead atoms. The lowest BCUT2D eigenvalue weighted by Gasteiger charge is -2.12. The molecule has 0 aliphatic rings. The molecule has 0 saturated carbocycles. The number of hydrogen-bond acceptors (Lipinski definition) is 5. The largest absolute Gasteiger partial charge is 0.494 e. The van der Waals surface area contributed by atoms with E-state index in [4.69, 9.17) is 21.7 Å². The molecule has 0 fully saturated rings. The molecule has 0 aliphatic heterocycles. The number of rotatable bonds is 8. The third-order valence-corrected chi connectivity index (χ3v) is 4.52. The van der Waals surface area contributed by atoms with E-state index < -0.39 is 11.8 Å². The molecule has 0 saturated heterocycles. The molecule has 2 aromatic rings. The molecular weight excluding hydrogens is 470 g/mol. The Labute approximate surface area is 189 Å². The lowest BCUT2D eigenvalue weighted by molar-refractivity contribution is -0.123. The van der Waals surface area contributed by atoms with Crippen LogP contribution in [0.4, 0.5) is 0 Å². The highest BCUT2D eigenvalue weighted by atomic mass is 79.9. The summed E-state index contributed by atoms with van der Waals surface area (Å²) < 4.78 is 11.9. The predicted octanol–water partition coefficient (Wildman–Crippen LogP) is 3.59. The number of amides is 2. The van der Waals surface area contributed by atoms with Crippen molar-refractivity contribution in [2.75, 3.05) is 13.2 Å². The molecule has 30 heavy (non-hydrogen) atoms. The van der Waals surface area contributed by atoms with Gasteiger partial charge in [-0.05, 0) is 67.0 Å². The van der Waals surface area contributed by atoms with Gasteiger partial charge in [0.25, 0.3) is 11.8 Å². The minimum Gasteiger partial charge on any atom is -0.494 e. The molecule has 2 amide bonds. The van der Waals surface area contributed by atoms with Crippen LogP contribution in [0.15, 0.2) is 53.0 Å². The van der Waals surface area contributed by atoms with Crippen molar-refractivity contribution in [1.29, 1.82) is 0 Å². The molecule has 0 aromatic heterocycles. The second kappa shape index (κ2) is 12.1. The lowest BCUT2D eigenvalue weighted by atomic mass is 10.1. The van der Waals surface area contributed by atoms with E-state index >= 15 is 0 Å². The van der Waals surface area contributed by atoms with Gasteiger partial charge in [0.2, 0.25) is 0 Å². The predicted molar refractivity (Wildman–Crippen MR) is 122 cm³/mol. The second-order valence-corrected chi connectivity index (χ2v) is 8.08. The van der Waals surface area contributed by atoms with Crippen molar-refractivity contribution in [2.45, 2.75) is 20.3 Å². The van der Waals surface area contributed by atoms with Crippen molar-refractivity contribution in [3.8, 4) is 11.5 Å². The van der Waals surface area contributed by atoms with Crippen LogP contribution in [0.3, 0.4) is 0 Å². The normalized spacial score (nSPS) is 10.3. The molecular formula is C21H24BrN3O4S. The van der Waals surface area contributed by atoms with Gasteiger partial charge in [0.1, 0.15) is 11.5 Å². The number of ether oxygens (including phenoxy) is 2. The highest BCUT2D eigenvalue weighted by molar-refractivity contribution is 9.10. The third kappa shape index (κ3) is 8.79. The van der Waals surface area contributed by atoms with Crippen LogP contribution in [-0.4, -0.2) is 30.1 Å². The summed E-state index contributed by atoms with van der Waals surface area (Å²) in [7, 11) is 0. The molecule has 0 heterocycles. The Morgan fingerprint density at radius 2 is 1.77 bits per heavy atom. The third-order valence-electron chi connectivity index (χ3n) is 3.79. The number of carbonyl (C=O) groups is 2. The van der Waals surface area contributed by atoms with E-state index in [-0.39, 0.29) is 11.7 Å². The Morgan fingerprint density at radius 3 is 2.47 bits per heavy atom. The van der Waals surface area contributed by atoms with Gasteiger partial charge in [0.15, 0.2) is 11.7 Å². The first-order chi connectivity index (χ1) is 14.3. The first kappa shape index (κ1) is 23.6. The monoisotopic (exact) mass is 493 g/mol. The Kier molecular flexibility index (Phi) is 9.56. The maximum atomic E-state index is 12.3. The fourth-order valence-electron chi connectivity index (χ4n) is 2.19. The summed E-state index contributed by atoms with van der Waals surface area (Å²) in [5.41, 5.74) is 5.23. The fraction of sp³-hybridized carbons (Fsp3) is 0.286. The van der Waals surface area contributed by atoms with E-state index in [1.54, 1.807) is 48.5 Å². The van der Waals surface area contributed by atoms with Crippen LogP contribution >= 0.6 is 28.1 Å². The Balaban J connectivity index is 1.74. The number of halogens is 1. The molecule has 3 N–H and O–H groups in total. The second-order valence-electron chi connectivity index (χ2n) is 6.76. The van der Waals surface area contributed by atoms with Crippen LogP contribution in [0.1, 0.15) is 30.6 Å². The van der Waals surface area contributed by atoms with Gasteiger partial charge >= 0.3 is 0 Å². The van der Waals surface area contributed by atoms with Crippen LogP contribution in [0, 0.1) is 5.92 Å². The zero-order valence-electron chi connectivity index (χ0n) is 16.7. The van der Waals surface area contributed by atoms with Gasteiger partial charge in [0, 0.05) is 10.0 Å². The highest BCUT2D eigenvalue weighted by Gasteiger charge is 2.10. The van der Waals surface area contributed by atoms with E-state index in [9.17, 15) is 9.59 Å². The summed E-state index contributed by atoms with van der Waals surface area (Å²) >= 11 is 8.36. The van der Waals surface area contributed by atoms with Crippen molar-refractivity contribution >= 4 is 45.1 Å². The molecule has 0 unspecified atom stereocenters. The van der Waals surface area contributed by atoms with Gasteiger partial charge in [-0.3, -0.25) is 25.8 Å². The van der Waals surface area contributed by atoms with E-state index in [2.05, 4.69) is 45.9 Å². The van der Waals surface area contributed by atoms with Crippen LogP contribution in [0.5, 0.6) is 11.5 Å². The number of nitrogens with one attached hydrogen (secondary N) is 3. The number of hydrazine groups is 1. The minimum atomic E-state index is -0.449. The van der Waals surface area contributed by atoms with Gasteiger partial charge in [0.05, 0.1) is 6.61 Å². The van der Waals surface area contributed by atoms with Gasteiger partial charge in [-0.15, -0.1) is 0 Å². The summed E-state index contributed by atoms with van der Waals surface area (Å²) in [5.74, 6) is 0.841. The highest BCUT2D eigenvalue weighted by Crippen LogP contribution is 2.16. The molecule has 2 aromatic carbocycles. The minimum absolute atomic E-state index is 0.0388. The summed E-state index contributed by atoms with van der Waals surface area (Å²) in [4.78, 5) is 24.2. The van der Waals surface area contributed by atoms with E-state index in [1.807, 2.05) is 0 Å². The van der Waals surface area contributed by atoms with Gasteiger partial charge in [-0.1, -0.05) is 35.8 Å². The van der Waals surface area contributed by atoms with Crippen molar-refractivity contribution in [3.63, 3.8) is 0 Å². The average molecular weight is 494 g/mol. The molecule has 0 radical (unpaired) electrons. The van der Waals surface area contributed by atoms with Crippen molar-refractivity contribution in [3.05, 3.63) is 58.6 Å². The Bertz CT molecular complexity index is 875. The standard InChI is InChI=1S/C21H24BrN3O4S/c1-14(2)10-11-28-18-5-3-4-15(12-18)20(27)23-21(30)25-24-19(26)13-29-17-8-6-16(22)7-9-17/h3-9,12,14H,10-11,13H2,1-2H3,(H,24,26)(H2,23,25,27,30). The van der Waals surface area contributed by atoms with Crippen LogP contribution in [-0.2, 0) is 4.79 Å². The van der Waals surface area contributed by atoms with Gasteiger partial charge in [-0.2, -0.15) is 0 Å². The zero-order chi connectivity index (χ0) is 21.9. The number of benzene rings is 2. The number of thiocarbonyl (C=S) groups is 1. The summed E-state index contributed by atoms with van der Waals surface area (Å²) in [5, 5.41) is 2.46. The lowest BCUT2D eigenvalue weighted by Crippen LogP contribution is -2.49. The van der Waals surface area contributed by atoms with Crippen LogP contribution in [0.2, 0.25) is 0 Å². The Hall–Kier alpha value is -2.65. The molecule has 9 heteroatoms. The van der Waals surface area contributed by atoms with Crippen LogP contribution < -0.4 is 25.6 Å². The van der Waals surface area contributed by atoms with Gasteiger partial charge < -0.3 is 9.47 Å². The van der Waals surface area contributed by atoms with Crippen molar-refractivity contribution in [2.24, 2.45) is 5.92 Å². The molecule has 0 aliphatic carbocycles. The van der Waals surface area contributed by atoms with E-state index in [0.29, 0.717) is 29.6 Å². The SMILES string of the molecule is CC(C)CCOc1cccc(C(=O)NC(=S)NNC(=O)COc2ccc(Br)cc2)c1. The molecule has 7 nitrogen and oxygen atoms in total. The maximum Gasteiger partial charge on any atom is 0.276 e. The van der Waals surface area contributed by atoms with Crippen molar-refractivity contribution in [1.82, 2.24) is 16.2 Å². The maximum absolute atomic E-state index is 12.3.